The van der Waals surface area contributed by atoms with E-state index >= 15 is 0 Å². The van der Waals surface area contributed by atoms with Crippen LogP contribution < -0.4 is 5.32 Å². The number of aliphatic hydroxyl groups excluding tert-OH is 1. The molecule has 0 spiro atoms. The van der Waals surface area contributed by atoms with E-state index in [1.807, 2.05) is 6.07 Å². The van der Waals surface area contributed by atoms with Gasteiger partial charge in [0.1, 0.15) is 29.9 Å². The molecule has 0 bridgehead atoms. The van der Waals surface area contributed by atoms with E-state index in [0.717, 1.165) is 42.7 Å². The smallest absolute Gasteiger partial charge is 0.197 e. The third-order valence-electron chi connectivity index (χ3n) is 7.13. The number of fused-ring (bicyclic) bond motifs is 2. The molecule has 1 aromatic carbocycles. The van der Waals surface area contributed by atoms with E-state index in [1.54, 1.807) is 13.1 Å². The minimum Gasteiger partial charge on any atom is -0.385 e. The van der Waals surface area contributed by atoms with E-state index in [0.29, 0.717) is 33.6 Å². The Morgan fingerprint density at radius 2 is 2.05 bits per heavy atom. The van der Waals surface area contributed by atoms with Crippen LogP contribution in [-0.2, 0) is 16.9 Å². The molecule has 0 radical (unpaired) electrons. The molecule has 11 nitrogen and oxygen atoms in total. The van der Waals surface area contributed by atoms with E-state index in [4.69, 9.17) is 27.9 Å². The summed E-state index contributed by atoms with van der Waals surface area (Å²) in [7, 11) is 1.74. The topological polar surface area (TPSA) is 137 Å². The van der Waals surface area contributed by atoms with Crippen LogP contribution in [0.3, 0.4) is 0 Å². The highest BCUT2D eigenvalue weighted by molar-refractivity contribution is 6.38. The highest BCUT2D eigenvalue weighted by Crippen LogP contribution is 2.33. The molecule has 3 atom stereocenters. The number of aryl methyl sites for hydroxylation is 1. The lowest BCUT2D eigenvalue weighted by molar-refractivity contribution is -0.109. The molecule has 0 saturated carbocycles. The summed E-state index contributed by atoms with van der Waals surface area (Å²) in [4.78, 5) is 22.9. The first-order valence-electron chi connectivity index (χ1n) is 12.7. The molecular weight excluding hydrogens is 531 g/mol. The van der Waals surface area contributed by atoms with E-state index in [1.165, 1.54) is 17.2 Å². The zero-order valence-electron chi connectivity index (χ0n) is 21.5. The average molecular weight is 563 g/mol. The lowest BCUT2D eigenvalue weighted by Gasteiger charge is -2.32. The third-order valence-corrected chi connectivity index (χ3v) is 7.64. The van der Waals surface area contributed by atoms with Gasteiger partial charge in [0, 0.05) is 31.1 Å². The maximum atomic E-state index is 11.5. The molecule has 13 heteroatoms. The first kappa shape index (κ1) is 27.0. The Balaban J connectivity index is 1.20. The fourth-order valence-electron chi connectivity index (χ4n) is 4.98. The number of nitrogens with zero attached hydrogens (tertiary/aromatic N) is 6. The molecule has 0 aliphatic carbocycles. The molecule has 0 amide bonds. The molecule has 3 unspecified atom stereocenters. The van der Waals surface area contributed by atoms with Gasteiger partial charge in [-0.1, -0.05) is 23.2 Å². The van der Waals surface area contributed by atoms with Crippen molar-refractivity contribution in [3.63, 3.8) is 0 Å². The molecule has 38 heavy (non-hydrogen) atoms. The van der Waals surface area contributed by atoms with Gasteiger partial charge in [-0.3, -0.25) is 9.47 Å². The molecule has 1 aliphatic heterocycles. The number of aromatic nitrogens is 6. The highest BCUT2D eigenvalue weighted by atomic mass is 35.5. The van der Waals surface area contributed by atoms with Gasteiger partial charge in [-0.25, -0.2) is 19.9 Å². The second-order valence-corrected chi connectivity index (χ2v) is 10.8. The summed E-state index contributed by atoms with van der Waals surface area (Å²) in [5.74, 6) is 1.42. The summed E-state index contributed by atoms with van der Waals surface area (Å²) >= 11 is 12.4. The number of hydrogen-bond donors (Lipinski definition) is 4. The zero-order valence-corrected chi connectivity index (χ0v) is 23.0. The van der Waals surface area contributed by atoms with Crippen molar-refractivity contribution in [3.05, 3.63) is 40.7 Å². The number of aromatic amines is 1. The number of halogens is 2. The van der Waals surface area contributed by atoms with Crippen LogP contribution in [0.25, 0.3) is 22.2 Å². The molecule has 4 N–H and O–H groups in total. The number of nitrogens with one attached hydrogen (secondary N) is 2. The molecule has 1 aliphatic rings. The number of rotatable bonds is 10. The molecule has 3 aromatic heterocycles. The number of H-pyrrole nitrogens is 1. The first-order chi connectivity index (χ1) is 18.2. The molecule has 5 rings (SSSR count). The van der Waals surface area contributed by atoms with Crippen molar-refractivity contribution < 1.29 is 14.9 Å². The van der Waals surface area contributed by atoms with Gasteiger partial charge in [-0.15, -0.1) is 0 Å². The van der Waals surface area contributed by atoms with E-state index < -0.39 is 17.9 Å². The normalized spacial score (nSPS) is 21.9. The lowest BCUT2D eigenvalue weighted by Crippen LogP contribution is -2.49. The average Bonchev–Trinajstić information content (AvgIpc) is 3.58. The van der Waals surface area contributed by atoms with Gasteiger partial charge in [0.15, 0.2) is 22.7 Å². The maximum Gasteiger partial charge on any atom is 0.197 e. The van der Waals surface area contributed by atoms with Gasteiger partial charge in [0.05, 0.1) is 23.5 Å². The predicted molar refractivity (Wildman–Crippen MR) is 147 cm³/mol. The second kappa shape index (κ2) is 10.9. The SMILES string of the molecule is CNc1ncnc2c1ncn2C1(O)COC(CN(CCCCc2nc3c(Cl)cc(Cl)cc3[nH]2)C(C)C)C1O. The minimum absolute atomic E-state index is 0.0756. The van der Waals surface area contributed by atoms with Gasteiger partial charge >= 0.3 is 0 Å². The van der Waals surface area contributed by atoms with Crippen LogP contribution >= 0.6 is 23.2 Å². The van der Waals surface area contributed by atoms with Gasteiger partial charge in [0.2, 0.25) is 0 Å². The zero-order chi connectivity index (χ0) is 27.0. The number of imidazole rings is 2. The Kier molecular flexibility index (Phi) is 7.77. The number of unbranched alkanes of at least 4 members (excludes halogenated alkanes) is 1. The Bertz CT molecular complexity index is 1430. The summed E-state index contributed by atoms with van der Waals surface area (Å²) in [6.07, 6.45) is 3.74. The lowest BCUT2D eigenvalue weighted by atomic mass is 10.0. The standard InChI is InChI=1S/C25H32Cl2N8O3/c1-14(2)34(7-5-4-6-19-32-17-9-15(26)8-16(27)20(17)33-19)10-18-22(36)25(37,11-38-18)35-13-31-21-23(28-3)29-12-30-24(21)35/h8-9,12-14,18,22,36-37H,4-7,10-11H2,1-3H3,(H,32,33)(H,28,29,30). The Hall–Kier alpha value is -2.54. The molecule has 1 saturated heterocycles. The number of ether oxygens (including phenoxy) is 1. The fraction of sp³-hybridized carbons (Fsp3) is 0.520. The van der Waals surface area contributed by atoms with Crippen LogP contribution in [0.1, 0.15) is 32.5 Å². The summed E-state index contributed by atoms with van der Waals surface area (Å²) in [6, 6.07) is 3.75. The van der Waals surface area contributed by atoms with Crippen LogP contribution in [-0.4, -0.2) is 89.6 Å². The van der Waals surface area contributed by atoms with Gasteiger partial charge in [-0.05, 0) is 45.4 Å². The quantitative estimate of drug-likeness (QED) is 0.215. The number of hydrogen-bond acceptors (Lipinski definition) is 9. The number of aliphatic hydroxyl groups is 2. The summed E-state index contributed by atoms with van der Waals surface area (Å²) in [5.41, 5.74) is 0.810. The van der Waals surface area contributed by atoms with Gasteiger partial charge in [0.25, 0.3) is 0 Å². The Morgan fingerprint density at radius 1 is 1.24 bits per heavy atom. The number of benzene rings is 1. The van der Waals surface area contributed by atoms with Crippen molar-refractivity contribution >= 4 is 51.2 Å². The molecule has 4 heterocycles. The molecule has 204 valence electrons. The maximum absolute atomic E-state index is 11.5. The van der Waals surface area contributed by atoms with Gasteiger partial charge in [-0.2, -0.15) is 0 Å². The third kappa shape index (κ3) is 5.06. The van der Waals surface area contributed by atoms with Crippen molar-refractivity contribution in [1.29, 1.82) is 0 Å². The van der Waals surface area contributed by atoms with Crippen molar-refractivity contribution in [1.82, 2.24) is 34.4 Å². The van der Waals surface area contributed by atoms with E-state index in [-0.39, 0.29) is 12.6 Å². The van der Waals surface area contributed by atoms with Gasteiger partial charge < -0.3 is 25.3 Å². The summed E-state index contributed by atoms with van der Waals surface area (Å²) in [6.45, 7) is 5.43. The first-order valence-corrected chi connectivity index (χ1v) is 13.4. The predicted octanol–water partition coefficient (Wildman–Crippen LogP) is 3.19. The van der Waals surface area contributed by atoms with Crippen LogP contribution in [0.4, 0.5) is 5.82 Å². The van der Waals surface area contributed by atoms with Crippen LogP contribution in [0.15, 0.2) is 24.8 Å². The van der Waals surface area contributed by atoms with Crippen molar-refractivity contribution in [2.24, 2.45) is 0 Å². The van der Waals surface area contributed by atoms with E-state index in [2.05, 4.69) is 49.0 Å². The van der Waals surface area contributed by atoms with Crippen molar-refractivity contribution in [3.8, 4) is 0 Å². The monoisotopic (exact) mass is 562 g/mol. The van der Waals surface area contributed by atoms with Crippen LogP contribution in [0.2, 0.25) is 10.0 Å². The minimum atomic E-state index is -1.69. The van der Waals surface area contributed by atoms with Crippen LogP contribution in [0, 0.1) is 0 Å². The second-order valence-electron chi connectivity index (χ2n) is 9.94. The van der Waals surface area contributed by atoms with Crippen molar-refractivity contribution in [2.45, 2.75) is 57.1 Å². The van der Waals surface area contributed by atoms with E-state index in [9.17, 15) is 10.2 Å². The Labute approximate surface area is 230 Å². The molecule has 1 fully saturated rings. The molecule has 4 aromatic rings. The van der Waals surface area contributed by atoms with Crippen molar-refractivity contribution in [2.75, 3.05) is 32.1 Å². The summed E-state index contributed by atoms with van der Waals surface area (Å²) < 4.78 is 7.41. The fourth-order valence-corrected chi connectivity index (χ4v) is 5.52. The van der Waals surface area contributed by atoms with Crippen LogP contribution in [0.5, 0.6) is 0 Å². The largest absolute Gasteiger partial charge is 0.385 e. The highest BCUT2D eigenvalue weighted by Gasteiger charge is 2.50. The molecular formula is C25H32Cl2N8O3. The Morgan fingerprint density at radius 3 is 2.82 bits per heavy atom. The number of anilines is 1. The summed E-state index contributed by atoms with van der Waals surface area (Å²) in [5, 5.41) is 26.7.